The molecule has 0 aliphatic rings. The Morgan fingerprint density at radius 3 is 2.59 bits per heavy atom. The fourth-order valence-corrected chi connectivity index (χ4v) is 0.935. The number of hydrogen-bond acceptors (Lipinski definition) is 5. The van der Waals surface area contributed by atoms with Crippen LogP contribution in [-0.2, 0) is 4.79 Å². The third-order valence-corrected chi connectivity index (χ3v) is 1.88. The highest BCUT2D eigenvalue weighted by molar-refractivity contribution is 5.72. The largest absolute Gasteiger partial charge is 0.480 e. The van der Waals surface area contributed by atoms with E-state index in [0.717, 1.165) is 12.8 Å². The molecule has 0 unspecified atom stereocenters. The highest BCUT2D eigenvalue weighted by Gasteiger charge is 2.09. The van der Waals surface area contributed by atoms with Crippen molar-refractivity contribution in [3.63, 3.8) is 0 Å². The van der Waals surface area contributed by atoms with E-state index in [9.17, 15) is 9.59 Å². The van der Waals surface area contributed by atoms with Crippen LogP contribution in [0.1, 0.15) is 19.3 Å². The number of nitrogens with zero attached hydrogens (tertiary/aromatic N) is 1. The lowest BCUT2D eigenvalue weighted by Gasteiger charge is -2.03. The Bertz CT molecular complexity index is 349. The maximum atomic E-state index is 10.2. The van der Waals surface area contributed by atoms with Crippen molar-refractivity contribution in [2.24, 2.45) is 11.5 Å². The van der Waals surface area contributed by atoms with E-state index < -0.39 is 12.0 Å². The van der Waals surface area contributed by atoms with Gasteiger partial charge in [-0.1, -0.05) is 6.42 Å². The number of aromatic amines is 1. The Kier molecular flexibility index (Phi) is 8.53. The molecule has 6 N–H and O–H groups in total. The van der Waals surface area contributed by atoms with Crippen LogP contribution in [0.15, 0.2) is 23.4 Å². The standard InChI is InChI=1S/C6H14N2O2.C4H4N2O/c7-4-2-1-3-5(8)6(9)10;7-4-1-2-5-3-6-4/h5H,1-4,7-8H2,(H,9,10);1-3H,(H,5,6,7)/t5-;/m0./s1. The van der Waals surface area contributed by atoms with E-state index in [1.54, 1.807) is 0 Å². The minimum absolute atomic E-state index is 0.116. The molecular weight excluding hydrogens is 224 g/mol. The number of carbonyl (C=O) groups is 1. The van der Waals surface area contributed by atoms with E-state index >= 15 is 0 Å². The molecule has 96 valence electrons. The molecule has 1 rings (SSSR count). The lowest BCUT2D eigenvalue weighted by Crippen LogP contribution is -2.29. The summed E-state index contributed by atoms with van der Waals surface area (Å²) < 4.78 is 0. The number of aromatic nitrogens is 2. The zero-order valence-electron chi connectivity index (χ0n) is 9.50. The summed E-state index contributed by atoms with van der Waals surface area (Å²) in [5.74, 6) is -0.933. The van der Waals surface area contributed by atoms with Crippen molar-refractivity contribution in [3.8, 4) is 0 Å². The molecule has 17 heavy (non-hydrogen) atoms. The van der Waals surface area contributed by atoms with Gasteiger partial charge in [0, 0.05) is 12.3 Å². The Morgan fingerprint density at radius 2 is 2.24 bits per heavy atom. The van der Waals surface area contributed by atoms with Gasteiger partial charge in [0.2, 0.25) is 0 Å². The molecule has 1 aromatic heterocycles. The second-order valence-corrected chi connectivity index (χ2v) is 3.33. The number of unbranched alkanes of at least 4 members (excludes halogenated alkanes) is 1. The van der Waals surface area contributed by atoms with Crippen LogP contribution in [0.2, 0.25) is 0 Å². The SMILES string of the molecule is NCCCC[C@H](N)C(=O)O.O=c1ccnc[nH]1. The van der Waals surface area contributed by atoms with Crippen LogP contribution < -0.4 is 17.0 Å². The first-order valence-electron chi connectivity index (χ1n) is 5.25. The number of carboxylic acids is 1. The average Bonchev–Trinajstić information content (AvgIpc) is 2.31. The van der Waals surface area contributed by atoms with E-state index in [0.29, 0.717) is 13.0 Å². The fourth-order valence-electron chi connectivity index (χ4n) is 0.935. The second-order valence-electron chi connectivity index (χ2n) is 3.33. The van der Waals surface area contributed by atoms with Gasteiger partial charge in [0.1, 0.15) is 6.04 Å². The van der Waals surface area contributed by atoms with Gasteiger partial charge in [-0.05, 0) is 19.4 Å². The van der Waals surface area contributed by atoms with Gasteiger partial charge in [0.15, 0.2) is 0 Å². The van der Waals surface area contributed by atoms with Crippen molar-refractivity contribution in [2.75, 3.05) is 6.54 Å². The van der Waals surface area contributed by atoms with Crippen LogP contribution in [0, 0.1) is 0 Å². The molecular formula is C10H18N4O3. The van der Waals surface area contributed by atoms with Crippen molar-refractivity contribution < 1.29 is 9.90 Å². The summed E-state index contributed by atoms with van der Waals surface area (Å²) in [6.07, 6.45) is 4.96. The molecule has 0 saturated carbocycles. The molecule has 1 heterocycles. The van der Waals surface area contributed by atoms with E-state index in [1.807, 2.05) is 0 Å². The van der Waals surface area contributed by atoms with Crippen molar-refractivity contribution in [3.05, 3.63) is 28.9 Å². The summed E-state index contributed by atoms with van der Waals surface area (Å²) in [6.45, 7) is 0.604. The molecule has 0 radical (unpaired) electrons. The van der Waals surface area contributed by atoms with Crippen LogP contribution in [0.5, 0.6) is 0 Å². The molecule has 0 fully saturated rings. The monoisotopic (exact) mass is 242 g/mol. The van der Waals surface area contributed by atoms with E-state index in [2.05, 4.69) is 9.97 Å². The van der Waals surface area contributed by atoms with E-state index in [4.69, 9.17) is 16.6 Å². The van der Waals surface area contributed by atoms with Crippen molar-refractivity contribution in [2.45, 2.75) is 25.3 Å². The van der Waals surface area contributed by atoms with Gasteiger partial charge in [-0.25, -0.2) is 4.98 Å². The third kappa shape index (κ3) is 9.21. The van der Waals surface area contributed by atoms with Gasteiger partial charge in [-0.3, -0.25) is 9.59 Å². The lowest BCUT2D eigenvalue weighted by atomic mass is 10.1. The molecule has 7 heteroatoms. The molecule has 0 spiro atoms. The van der Waals surface area contributed by atoms with Crippen LogP contribution in [-0.4, -0.2) is 33.6 Å². The van der Waals surface area contributed by atoms with Crippen molar-refractivity contribution in [1.82, 2.24) is 9.97 Å². The molecule has 1 atom stereocenters. The lowest BCUT2D eigenvalue weighted by molar-refractivity contribution is -0.138. The molecule has 0 amide bonds. The first kappa shape index (κ1) is 15.3. The van der Waals surface area contributed by atoms with E-state index in [-0.39, 0.29) is 5.56 Å². The smallest absolute Gasteiger partial charge is 0.320 e. The maximum Gasteiger partial charge on any atom is 0.320 e. The Balaban J connectivity index is 0.000000318. The number of rotatable bonds is 5. The maximum absolute atomic E-state index is 10.2. The normalized spacial score (nSPS) is 11.2. The fraction of sp³-hybridized carbons (Fsp3) is 0.500. The average molecular weight is 242 g/mol. The predicted molar refractivity (Wildman–Crippen MR) is 63.4 cm³/mol. The van der Waals surface area contributed by atoms with Gasteiger partial charge in [-0.15, -0.1) is 0 Å². The minimum Gasteiger partial charge on any atom is -0.480 e. The van der Waals surface area contributed by atoms with Crippen LogP contribution in [0.4, 0.5) is 0 Å². The number of nitrogens with one attached hydrogen (secondary N) is 1. The number of nitrogens with two attached hydrogens (primary N) is 2. The Labute approximate surface area is 98.9 Å². The number of hydrogen-bond donors (Lipinski definition) is 4. The van der Waals surface area contributed by atoms with Gasteiger partial charge in [0.05, 0.1) is 6.33 Å². The summed E-state index contributed by atoms with van der Waals surface area (Å²) in [5.41, 5.74) is 10.3. The summed E-state index contributed by atoms with van der Waals surface area (Å²) >= 11 is 0. The van der Waals surface area contributed by atoms with Crippen molar-refractivity contribution in [1.29, 1.82) is 0 Å². The third-order valence-electron chi connectivity index (χ3n) is 1.88. The number of aliphatic carboxylic acids is 1. The number of carboxylic acid groups (broad SMARTS) is 1. The molecule has 1 aromatic rings. The van der Waals surface area contributed by atoms with Gasteiger partial charge in [-0.2, -0.15) is 0 Å². The first-order valence-corrected chi connectivity index (χ1v) is 5.25. The van der Waals surface area contributed by atoms with Gasteiger partial charge >= 0.3 is 5.97 Å². The minimum atomic E-state index is -0.933. The molecule has 0 aromatic carbocycles. The summed E-state index contributed by atoms with van der Waals surface area (Å²) in [7, 11) is 0. The Hall–Kier alpha value is -1.73. The summed E-state index contributed by atoms with van der Waals surface area (Å²) in [4.78, 5) is 26.3. The predicted octanol–water partition coefficient (Wildman–Crippen LogP) is -0.703. The molecule has 7 nitrogen and oxygen atoms in total. The van der Waals surface area contributed by atoms with Crippen LogP contribution >= 0.6 is 0 Å². The Morgan fingerprint density at radius 1 is 1.53 bits per heavy atom. The quantitative estimate of drug-likeness (QED) is 0.504. The van der Waals surface area contributed by atoms with Crippen LogP contribution in [0.25, 0.3) is 0 Å². The first-order chi connectivity index (χ1) is 8.07. The van der Waals surface area contributed by atoms with E-state index in [1.165, 1.54) is 18.6 Å². The summed E-state index contributed by atoms with van der Waals surface area (Å²) in [6, 6.07) is 0.645. The molecule has 0 aliphatic carbocycles. The zero-order valence-corrected chi connectivity index (χ0v) is 9.50. The molecule has 0 bridgehead atoms. The molecule has 0 saturated heterocycles. The summed E-state index contributed by atoms with van der Waals surface area (Å²) in [5, 5.41) is 8.33. The highest BCUT2D eigenvalue weighted by atomic mass is 16.4. The zero-order chi connectivity index (χ0) is 13.1. The van der Waals surface area contributed by atoms with Crippen molar-refractivity contribution >= 4 is 5.97 Å². The van der Waals surface area contributed by atoms with Gasteiger partial charge < -0.3 is 21.6 Å². The van der Waals surface area contributed by atoms with Crippen LogP contribution in [0.3, 0.4) is 0 Å². The second kappa shape index (κ2) is 9.49. The van der Waals surface area contributed by atoms with Gasteiger partial charge in [0.25, 0.3) is 5.56 Å². The topological polar surface area (TPSA) is 135 Å². The highest BCUT2D eigenvalue weighted by Crippen LogP contribution is 1.96. The molecule has 0 aliphatic heterocycles. The number of H-pyrrole nitrogens is 1.